The first kappa shape index (κ1) is 12.4. The van der Waals surface area contributed by atoms with Crippen LogP contribution in [0.2, 0.25) is 0 Å². The highest BCUT2D eigenvalue weighted by atomic mass is 16.3. The highest BCUT2D eigenvalue weighted by Crippen LogP contribution is 2.21. The van der Waals surface area contributed by atoms with Crippen molar-refractivity contribution in [1.82, 2.24) is 10.2 Å². The smallest absolute Gasteiger partial charge is 0.314 e. The van der Waals surface area contributed by atoms with E-state index < -0.39 is 11.8 Å². The zero-order valence-electron chi connectivity index (χ0n) is 9.85. The molecule has 1 aliphatic heterocycles. The molecule has 0 spiro atoms. The summed E-state index contributed by atoms with van der Waals surface area (Å²) in [7, 11) is 0. The lowest BCUT2D eigenvalue weighted by Crippen LogP contribution is -2.49. The van der Waals surface area contributed by atoms with E-state index in [-0.39, 0.29) is 11.4 Å². The zero-order chi connectivity index (χ0) is 13.0. The van der Waals surface area contributed by atoms with Crippen LogP contribution in [0, 0.1) is 0 Å². The second-order valence-corrected chi connectivity index (χ2v) is 4.01. The summed E-state index contributed by atoms with van der Waals surface area (Å²) in [6.07, 6.45) is 0. The van der Waals surface area contributed by atoms with Crippen LogP contribution in [0.1, 0.15) is 0 Å². The second-order valence-electron chi connectivity index (χ2n) is 4.01. The van der Waals surface area contributed by atoms with Crippen LogP contribution >= 0.6 is 0 Å². The van der Waals surface area contributed by atoms with E-state index in [9.17, 15) is 14.7 Å². The van der Waals surface area contributed by atoms with Crippen LogP contribution in [-0.4, -0.2) is 48.0 Å². The molecule has 1 heterocycles. The first-order chi connectivity index (χ1) is 8.68. The molecule has 1 saturated heterocycles. The maximum Gasteiger partial charge on any atom is 0.314 e. The first-order valence-corrected chi connectivity index (χ1v) is 5.77. The Morgan fingerprint density at radius 3 is 2.56 bits per heavy atom. The molecule has 0 saturated carbocycles. The number of nitrogens with one attached hydrogen (secondary N) is 2. The molecule has 0 radical (unpaired) electrons. The normalized spacial score (nSPS) is 15.2. The molecule has 1 aliphatic rings. The van der Waals surface area contributed by atoms with Crippen molar-refractivity contribution in [1.29, 1.82) is 0 Å². The molecule has 6 heteroatoms. The largest absolute Gasteiger partial charge is 0.506 e. The summed E-state index contributed by atoms with van der Waals surface area (Å²) >= 11 is 0. The van der Waals surface area contributed by atoms with Crippen LogP contribution in [-0.2, 0) is 9.59 Å². The minimum atomic E-state index is -0.724. The van der Waals surface area contributed by atoms with E-state index in [0.29, 0.717) is 26.2 Å². The molecule has 1 aromatic carbocycles. The van der Waals surface area contributed by atoms with Gasteiger partial charge in [-0.15, -0.1) is 0 Å². The van der Waals surface area contributed by atoms with E-state index in [1.807, 2.05) is 0 Å². The predicted octanol–water partition coefficient (Wildman–Crippen LogP) is -0.238. The predicted molar refractivity (Wildman–Crippen MR) is 66.2 cm³/mol. The molecule has 2 rings (SSSR count). The van der Waals surface area contributed by atoms with E-state index in [1.165, 1.54) is 17.0 Å². The lowest BCUT2D eigenvalue weighted by Gasteiger charge is -2.26. The van der Waals surface area contributed by atoms with Gasteiger partial charge in [0, 0.05) is 26.2 Å². The zero-order valence-corrected chi connectivity index (χ0v) is 9.85. The first-order valence-electron chi connectivity index (χ1n) is 5.77. The third-order valence-electron chi connectivity index (χ3n) is 2.75. The average molecular weight is 249 g/mol. The second kappa shape index (κ2) is 5.50. The van der Waals surface area contributed by atoms with Crippen molar-refractivity contribution in [2.45, 2.75) is 0 Å². The van der Waals surface area contributed by atoms with Crippen molar-refractivity contribution < 1.29 is 14.7 Å². The number of phenols is 1. The van der Waals surface area contributed by atoms with E-state index in [1.54, 1.807) is 12.1 Å². The summed E-state index contributed by atoms with van der Waals surface area (Å²) in [5.41, 5.74) is 0.242. The number of piperazine rings is 1. The summed E-state index contributed by atoms with van der Waals surface area (Å²) in [5, 5.41) is 15.0. The topological polar surface area (TPSA) is 81.7 Å². The van der Waals surface area contributed by atoms with Gasteiger partial charge in [-0.3, -0.25) is 9.59 Å². The van der Waals surface area contributed by atoms with Crippen LogP contribution in [0.5, 0.6) is 5.75 Å². The molecule has 0 aliphatic carbocycles. The molecule has 6 nitrogen and oxygen atoms in total. The molecule has 1 fully saturated rings. The minimum Gasteiger partial charge on any atom is -0.506 e. The van der Waals surface area contributed by atoms with Gasteiger partial charge in [0.05, 0.1) is 5.69 Å². The van der Waals surface area contributed by atoms with Gasteiger partial charge in [-0.2, -0.15) is 0 Å². The van der Waals surface area contributed by atoms with E-state index in [0.717, 1.165) is 0 Å². The fraction of sp³-hybridized carbons (Fsp3) is 0.333. The molecule has 0 aromatic heterocycles. The van der Waals surface area contributed by atoms with E-state index in [4.69, 9.17) is 0 Å². The molecule has 96 valence electrons. The maximum atomic E-state index is 11.8. The number of para-hydroxylation sites is 2. The van der Waals surface area contributed by atoms with Crippen LogP contribution in [0.15, 0.2) is 24.3 Å². The van der Waals surface area contributed by atoms with Gasteiger partial charge in [-0.05, 0) is 12.1 Å². The molecular formula is C12H15N3O3. The van der Waals surface area contributed by atoms with Crippen LogP contribution in [0.4, 0.5) is 5.69 Å². The number of anilines is 1. The van der Waals surface area contributed by atoms with Gasteiger partial charge in [0.15, 0.2) is 0 Å². The number of hydrogen-bond donors (Lipinski definition) is 3. The van der Waals surface area contributed by atoms with Crippen molar-refractivity contribution in [3.63, 3.8) is 0 Å². The van der Waals surface area contributed by atoms with E-state index in [2.05, 4.69) is 10.6 Å². The maximum absolute atomic E-state index is 11.8. The number of amides is 2. The fourth-order valence-electron chi connectivity index (χ4n) is 1.77. The number of rotatable bonds is 1. The van der Waals surface area contributed by atoms with Crippen molar-refractivity contribution in [2.75, 3.05) is 31.5 Å². The molecule has 18 heavy (non-hydrogen) atoms. The summed E-state index contributed by atoms with van der Waals surface area (Å²) in [6, 6.07) is 6.30. The summed E-state index contributed by atoms with van der Waals surface area (Å²) in [4.78, 5) is 25.0. The molecule has 0 bridgehead atoms. The summed E-state index contributed by atoms with van der Waals surface area (Å²) in [5.74, 6) is -1.35. The highest BCUT2D eigenvalue weighted by Gasteiger charge is 2.23. The number of aromatic hydroxyl groups is 1. The molecule has 0 unspecified atom stereocenters. The SMILES string of the molecule is O=C(Nc1ccccc1O)C(=O)N1CCNCC1. The number of benzene rings is 1. The monoisotopic (exact) mass is 249 g/mol. The summed E-state index contributed by atoms with van der Waals surface area (Å²) in [6.45, 7) is 2.42. The van der Waals surface area contributed by atoms with Gasteiger partial charge in [0.1, 0.15) is 5.75 Å². The van der Waals surface area contributed by atoms with Crippen molar-refractivity contribution in [2.24, 2.45) is 0 Å². The Balaban J connectivity index is 1.99. The van der Waals surface area contributed by atoms with Crippen LogP contribution < -0.4 is 10.6 Å². The molecule has 1 aromatic rings. The Labute approximate surface area is 105 Å². The number of nitrogens with zero attached hydrogens (tertiary/aromatic N) is 1. The fourth-order valence-corrected chi connectivity index (χ4v) is 1.77. The number of hydrogen-bond acceptors (Lipinski definition) is 4. The third kappa shape index (κ3) is 2.78. The lowest BCUT2D eigenvalue weighted by molar-refractivity contribution is -0.143. The van der Waals surface area contributed by atoms with Crippen LogP contribution in [0.3, 0.4) is 0 Å². The van der Waals surface area contributed by atoms with Gasteiger partial charge in [-0.25, -0.2) is 0 Å². The minimum absolute atomic E-state index is 0.0565. The average Bonchev–Trinajstić information content (AvgIpc) is 2.41. The van der Waals surface area contributed by atoms with Gasteiger partial charge < -0.3 is 20.6 Å². The number of carbonyl (C=O) groups is 2. The Morgan fingerprint density at radius 1 is 1.22 bits per heavy atom. The van der Waals surface area contributed by atoms with Crippen molar-refractivity contribution >= 4 is 17.5 Å². The lowest BCUT2D eigenvalue weighted by atomic mass is 10.3. The van der Waals surface area contributed by atoms with Gasteiger partial charge in [0.25, 0.3) is 0 Å². The van der Waals surface area contributed by atoms with Gasteiger partial charge >= 0.3 is 11.8 Å². The Morgan fingerprint density at radius 2 is 1.89 bits per heavy atom. The Kier molecular flexibility index (Phi) is 3.78. The van der Waals surface area contributed by atoms with E-state index >= 15 is 0 Å². The number of carbonyl (C=O) groups excluding carboxylic acids is 2. The van der Waals surface area contributed by atoms with Gasteiger partial charge in [0.2, 0.25) is 0 Å². The van der Waals surface area contributed by atoms with Gasteiger partial charge in [-0.1, -0.05) is 12.1 Å². The Bertz CT molecular complexity index is 456. The standard InChI is InChI=1S/C12H15N3O3/c16-10-4-2-1-3-9(10)14-11(17)12(18)15-7-5-13-6-8-15/h1-4,13,16H,5-8H2,(H,14,17). The summed E-state index contributed by atoms with van der Waals surface area (Å²) < 4.78 is 0. The highest BCUT2D eigenvalue weighted by molar-refractivity contribution is 6.39. The van der Waals surface area contributed by atoms with Crippen LogP contribution in [0.25, 0.3) is 0 Å². The molecule has 0 atom stereocenters. The van der Waals surface area contributed by atoms with Crippen molar-refractivity contribution in [3.05, 3.63) is 24.3 Å². The van der Waals surface area contributed by atoms with Crippen molar-refractivity contribution in [3.8, 4) is 5.75 Å². The quantitative estimate of drug-likeness (QED) is 0.474. The molecule has 3 N–H and O–H groups in total. The molecule has 2 amide bonds. The Hall–Kier alpha value is -2.08. The third-order valence-corrected chi connectivity index (χ3v) is 2.75. The number of phenolic OH excluding ortho intramolecular Hbond substituents is 1. The molecular weight excluding hydrogens is 234 g/mol.